The minimum Gasteiger partial charge on any atom is -0.374 e. The van der Waals surface area contributed by atoms with Crippen LogP contribution in [0.4, 0.5) is 0 Å². The Kier molecular flexibility index (Phi) is 3.00. The molecule has 1 unspecified atom stereocenters. The monoisotopic (exact) mass is 289 g/mol. The highest BCUT2D eigenvalue weighted by atomic mass is 16.5. The second-order valence-electron chi connectivity index (χ2n) is 9.30. The Morgan fingerprint density at radius 1 is 0.810 bits per heavy atom. The van der Waals surface area contributed by atoms with Gasteiger partial charge in [0.25, 0.3) is 0 Å². The first-order chi connectivity index (χ1) is 10.3. The van der Waals surface area contributed by atoms with Gasteiger partial charge in [-0.2, -0.15) is 0 Å². The molecule has 2 nitrogen and oxygen atoms in total. The number of ether oxygens (including phenoxy) is 1. The molecule has 0 radical (unpaired) electrons. The highest BCUT2D eigenvalue weighted by Gasteiger charge is 2.55. The molecular weight excluding hydrogens is 258 g/mol. The fourth-order valence-electron chi connectivity index (χ4n) is 7.19. The molecule has 1 aliphatic heterocycles. The molecule has 0 amide bonds. The first-order valence-electron chi connectivity index (χ1n) is 9.62. The second kappa shape index (κ2) is 4.71. The van der Waals surface area contributed by atoms with Crippen LogP contribution in [0.1, 0.15) is 70.6 Å². The van der Waals surface area contributed by atoms with E-state index >= 15 is 0 Å². The van der Waals surface area contributed by atoms with Crippen molar-refractivity contribution in [3.05, 3.63) is 0 Å². The summed E-state index contributed by atoms with van der Waals surface area (Å²) in [7, 11) is 0. The number of hydrogen-bond donors (Lipinski definition) is 1. The molecule has 0 aromatic heterocycles. The van der Waals surface area contributed by atoms with Gasteiger partial charge in [0, 0.05) is 12.1 Å². The molecule has 1 atom stereocenters. The van der Waals surface area contributed by atoms with Crippen LogP contribution in [0.3, 0.4) is 0 Å². The third-order valence-electron chi connectivity index (χ3n) is 7.80. The predicted octanol–water partition coefficient (Wildman–Crippen LogP) is 3.89. The largest absolute Gasteiger partial charge is 0.374 e. The fraction of sp³-hybridized carbons (Fsp3) is 1.00. The fourth-order valence-corrected chi connectivity index (χ4v) is 7.19. The molecule has 1 saturated heterocycles. The van der Waals surface area contributed by atoms with Gasteiger partial charge in [0.15, 0.2) is 0 Å². The summed E-state index contributed by atoms with van der Waals surface area (Å²) in [6.45, 7) is 2.14. The maximum absolute atomic E-state index is 6.59. The average Bonchev–Trinajstić information content (AvgIpc) is 2.47. The Balaban J connectivity index is 1.31. The Morgan fingerprint density at radius 3 is 1.95 bits per heavy atom. The molecule has 6 rings (SSSR count). The van der Waals surface area contributed by atoms with Crippen LogP contribution in [0.15, 0.2) is 0 Å². The van der Waals surface area contributed by atoms with Crippen LogP contribution in [0.2, 0.25) is 0 Å². The predicted molar refractivity (Wildman–Crippen MR) is 84.2 cm³/mol. The van der Waals surface area contributed by atoms with Crippen molar-refractivity contribution in [2.24, 2.45) is 23.2 Å². The van der Waals surface area contributed by atoms with Crippen molar-refractivity contribution in [2.75, 3.05) is 13.2 Å². The zero-order valence-electron chi connectivity index (χ0n) is 13.4. The van der Waals surface area contributed by atoms with Crippen LogP contribution >= 0.6 is 0 Å². The molecule has 6 aliphatic rings. The normalized spacial score (nSPS) is 51.4. The molecule has 5 saturated carbocycles. The lowest BCUT2D eigenvalue weighted by Crippen LogP contribution is -2.63. The zero-order valence-corrected chi connectivity index (χ0v) is 13.4. The van der Waals surface area contributed by atoms with E-state index in [2.05, 4.69) is 5.32 Å². The van der Waals surface area contributed by atoms with Gasteiger partial charge < -0.3 is 10.1 Å². The third kappa shape index (κ3) is 2.12. The Labute approximate surface area is 129 Å². The minimum atomic E-state index is 0.358. The van der Waals surface area contributed by atoms with Crippen molar-refractivity contribution in [2.45, 2.75) is 82.3 Å². The van der Waals surface area contributed by atoms with Gasteiger partial charge in [-0.3, -0.25) is 0 Å². The van der Waals surface area contributed by atoms with Gasteiger partial charge in [-0.15, -0.1) is 0 Å². The zero-order chi connectivity index (χ0) is 13.9. The van der Waals surface area contributed by atoms with E-state index in [-0.39, 0.29) is 0 Å². The summed E-state index contributed by atoms with van der Waals surface area (Å²) in [4.78, 5) is 0. The average molecular weight is 289 g/mol. The van der Waals surface area contributed by atoms with Crippen LogP contribution in [0.25, 0.3) is 0 Å². The van der Waals surface area contributed by atoms with Gasteiger partial charge in [-0.25, -0.2) is 0 Å². The summed E-state index contributed by atoms with van der Waals surface area (Å²) in [5.41, 5.74) is 0.926. The smallest absolute Gasteiger partial charge is 0.0756 e. The van der Waals surface area contributed by atoms with E-state index in [4.69, 9.17) is 4.74 Å². The molecule has 21 heavy (non-hydrogen) atoms. The molecule has 1 heterocycles. The van der Waals surface area contributed by atoms with E-state index in [1.807, 2.05) is 0 Å². The number of rotatable bonds is 1. The van der Waals surface area contributed by atoms with Crippen molar-refractivity contribution >= 4 is 0 Å². The van der Waals surface area contributed by atoms with Gasteiger partial charge in [0.2, 0.25) is 0 Å². The summed E-state index contributed by atoms with van der Waals surface area (Å²) in [5.74, 6) is 3.14. The van der Waals surface area contributed by atoms with Crippen LogP contribution in [0.5, 0.6) is 0 Å². The topological polar surface area (TPSA) is 21.3 Å². The summed E-state index contributed by atoms with van der Waals surface area (Å²) in [6, 6.07) is 0. The Hall–Kier alpha value is -0.0800. The standard InChI is InChI=1S/C19H31NO/c1-2-4-19(5-3-1)13-21-17(12-20-19)18-9-14-6-15(10-18)8-16(7-14)11-18/h14-17,20H,1-13H2. The molecule has 1 spiro atoms. The molecule has 5 aliphatic carbocycles. The number of hydrogen-bond acceptors (Lipinski definition) is 2. The lowest BCUT2D eigenvalue weighted by molar-refractivity contribution is -0.168. The summed E-state index contributed by atoms with van der Waals surface area (Å²) in [5, 5.41) is 3.98. The molecule has 0 aromatic rings. The van der Waals surface area contributed by atoms with Crippen LogP contribution in [-0.4, -0.2) is 24.8 Å². The van der Waals surface area contributed by atoms with Crippen LogP contribution in [0, 0.1) is 23.2 Å². The quantitative estimate of drug-likeness (QED) is 0.790. The first kappa shape index (κ1) is 13.4. The summed E-state index contributed by atoms with van der Waals surface area (Å²) in [6.07, 6.45) is 16.5. The van der Waals surface area contributed by atoms with Crippen molar-refractivity contribution in [1.29, 1.82) is 0 Å². The molecule has 118 valence electrons. The highest BCUT2D eigenvalue weighted by Crippen LogP contribution is 2.62. The maximum atomic E-state index is 6.59. The Bertz CT molecular complexity index is 367. The van der Waals surface area contributed by atoms with Gasteiger partial charge in [-0.05, 0) is 74.5 Å². The molecule has 4 bridgehead atoms. The van der Waals surface area contributed by atoms with Crippen molar-refractivity contribution < 1.29 is 4.74 Å². The van der Waals surface area contributed by atoms with E-state index in [1.54, 1.807) is 19.3 Å². The first-order valence-corrected chi connectivity index (χ1v) is 9.62. The van der Waals surface area contributed by atoms with E-state index in [0.717, 1.165) is 30.9 Å². The van der Waals surface area contributed by atoms with Crippen molar-refractivity contribution in [3.8, 4) is 0 Å². The van der Waals surface area contributed by atoms with Crippen LogP contribution in [-0.2, 0) is 4.74 Å². The summed E-state index contributed by atoms with van der Waals surface area (Å²) < 4.78 is 6.59. The van der Waals surface area contributed by atoms with Gasteiger partial charge in [0.1, 0.15) is 0 Å². The number of nitrogens with one attached hydrogen (secondary N) is 1. The van der Waals surface area contributed by atoms with E-state index in [9.17, 15) is 0 Å². The third-order valence-corrected chi connectivity index (χ3v) is 7.80. The maximum Gasteiger partial charge on any atom is 0.0756 e. The van der Waals surface area contributed by atoms with E-state index in [1.165, 1.54) is 51.4 Å². The Morgan fingerprint density at radius 2 is 1.43 bits per heavy atom. The van der Waals surface area contributed by atoms with Gasteiger partial charge >= 0.3 is 0 Å². The second-order valence-corrected chi connectivity index (χ2v) is 9.30. The highest BCUT2D eigenvalue weighted by molar-refractivity contribution is 5.07. The molecule has 2 heteroatoms. The van der Waals surface area contributed by atoms with Gasteiger partial charge in [0.05, 0.1) is 12.7 Å². The minimum absolute atomic E-state index is 0.358. The molecule has 0 aromatic carbocycles. The number of morpholine rings is 1. The lowest BCUT2D eigenvalue weighted by Gasteiger charge is -2.60. The van der Waals surface area contributed by atoms with Crippen molar-refractivity contribution in [3.63, 3.8) is 0 Å². The lowest BCUT2D eigenvalue weighted by atomic mass is 9.48. The SMILES string of the molecule is C1CCC2(CC1)COC(C13CC4CC(CC(C4)C1)C3)CN2. The van der Waals surface area contributed by atoms with Crippen molar-refractivity contribution in [1.82, 2.24) is 5.32 Å². The molecular formula is C19H31NO. The molecule has 1 N–H and O–H groups in total. The van der Waals surface area contributed by atoms with E-state index in [0.29, 0.717) is 17.1 Å². The molecule has 6 fully saturated rings. The van der Waals surface area contributed by atoms with Crippen LogP contribution < -0.4 is 5.32 Å². The van der Waals surface area contributed by atoms with Gasteiger partial charge in [-0.1, -0.05) is 19.3 Å². The van der Waals surface area contributed by atoms with E-state index < -0.39 is 0 Å². The summed E-state index contributed by atoms with van der Waals surface area (Å²) >= 11 is 0.